The van der Waals surface area contributed by atoms with Crippen molar-refractivity contribution in [3.05, 3.63) is 79.4 Å². The summed E-state index contributed by atoms with van der Waals surface area (Å²) in [6.07, 6.45) is 0. The lowest BCUT2D eigenvalue weighted by Gasteiger charge is -2.07. The molecular weight excluding hydrogens is 401 g/mol. The fourth-order valence-corrected chi connectivity index (χ4v) is 3.32. The first-order chi connectivity index (χ1) is 12.0. The number of rotatable bonds is 5. The summed E-state index contributed by atoms with van der Waals surface area (Å²) < 4.78 is 5.67. The van der Waals surface area contributed by atoms with Crippen LogP contribution in [0.15, 0.2) is 53.9 Å². The van der Waals surface area contributed by atoms with Gasteiger partial charge in [0.15, 0.2) is 0 Å². The van der Waals surface area contributed by atoms with Crippen molar-refractivity contribution >= 4 is 57.7 Å². The van der Waals surface area contributed by atoms with Crippen LogP contribution in [0.3, 0.4) is 0 Å². The van der Waals surface area contributed by atoms with Gasteiger partial charge in [-0.3, -0.25) is 4.79 Å². The van der Waals surface area contributed by atoms with Crippen LogP contribution >= 0.6 is 46.1 Å². The minimum absolute atomic E-state index is 0.244. The van der Waals surface area contributed by atoms with Crippen molar-refractivity contribution < 1.29 is 9.53 Å². The molecule has 0 aliphatic heterocycles. The van der Waals surface area contributed by atoms with E-state index in [1.165, 1.54) is 11.3 Å². The van der Waals surface area contributed by atoms with Crippen molar-refractivity contribution in [2.45, 2.75) is 6.61 Å². The van der Waals surface area contributed by atoms with E-state index in [0.29, 0.717) is 38.0 Å². The zero-order valence-corrected chi connectivity index (χ0v) is 15.8. The normalized spacial score (nSPS) is 10.5. The second-order valence-corrected chi connectivity index (χ2v) is 7.25. The molecule has 0 aliphatic rings. The van der Waals surface area contributed by atoms with Gasteiger partial charge >= 0.3 is 0 Å². The quantitative estimate of drug-likeness (QED) is 0.516. The van der Waals surface area contributed by atoms with E-state index < -0.39 is 0 Å². The Kier molecular flexibility index (Phi) is 5.86. The molecule has 0 bridgehead atoms. The SMILES string of the molecule is O=C(Nc1cccc(Cl)c1Cl)c1cc(COc2ccc(Cl)cc2)cs1. The number of carbonyl (C=O) groups excluding carboxylic acids is 1. The number of benzene rings is 2. The Bertz CT molecular complexity index is 894. The standard InChI is InChI=1S/C18H12Cl3NO2S/c19-12-4-6-13(7-5-12)24-9-11-8-16(25-10-11)18(23)22-15-3-1-2-14(20)17(15)21/h1-8,10H,9H2,(H,22,23). The largest absolute Gasteiger partial charge is 0.489 e. The summed E-state index contributed by atoms with van der Waals surface area (Å²) in [6, 6.07) is 14.0. The number of halogens is 3. The number of hydrogen-bond donors (Lipinski definition) is 1. The van der Waals surface area contributed by atoms with Crippen LogP contribution in [0.1, 0.15) is 15.2 Å². The summed E-state index contributed by atoms with van der Waals surface area (Å²) in [6.45, 7) is 0.364. The third kappa shape index (κ3) is 4.67. The number of ether oxygens (including phenoxy) is 1. The molecule has 1 N–H and O–H groups in total. The van der Waals surface area contributed by atoms with Crippen LogP contribution in [0.4, 0.5) is 5.69 Å². The minimum Gasteiger partial charge on any atom is -0.489 e. The predicted molar refractivity (Wildman–Crippen MR) is 105 cm³/mol. The fourth-order valence-electron chi connectivity index (χ4n) is 2.05. The second kappa shape index (κ2) is 8.11. The van der Waals surface area contributed by atoms with Crippen LogP contribution in [-0.2, 0) is 6.61 Å². The summed E-state index contributed by atoms with van der Waals surface area (Å²) in [7, 11) is 0. The fraction of sp³-hybridized carbons (Fsp3) is 0.0556. The van der Waals surface area contributed by atoms with E-state index in [4.69, 9.17) is 39.5 Å². The second-order valence-electron chi connectivity index (χ2n) is 5.12. The highest BCUT2D eigenvalue weighted by Crippen LogP contribution is 2.30. The summed E-state index contributed by atoms with van der Waals surface area (Å²) in [4.78, 5) is 12.9. The third-order valence-corrected chi connectivity index (χ3v) is 5.35. The monoisotopic (exact) mass is 411 g/mol. The summed E-state index contributed by atoms with van der Waals surface area (Å²) in [5.74, 6) is 0.472. The molecule has 25 heavy (non-hydrogen) atoms. The molecule has 0 unspecified atom stereocenters. The molecule has 0 radical (unpaired) electrons. The van der Waals surface area contributed by atoms with Crippen molar-refractivity contribution in [1.82, 2.24) is 0 Å². The number of carbonyl (C=O) groups is 1. The molecule has 2 aromatic carbocycles. The summed E-state index contributed by atoms with van der Waals surface area (Å²) >= 11 is 19.2. The molecule has 0 atom stereocenters. The van der Waals surface area contributed by atoms with Gasteiger partial charge in [-0.1, -0.05) is 40.9 Å². The highest BCUT2D eigenvalue weighted by molar-refractivity contribution is 7.12. The van der Waals surface area contributed by atoms with Gasteiger partial charge in [-0.2, -0.15) is 0 Å². The lowest BCUT2D eigenvalue weighted by atomic mass is 10.3. The number of thiophene rings is 1. The molecule has 1 aromatic heterocycles. The lowest BCUT2D eigenvalue weighted by Crippen LogP contribution is -2.10. The van der Waals surface area contributed by atoms with Crippen LogP contribution in [0.2, 0.25) is 15.1 Å². The molecule has 7 heteroatoms. The van der Waals surface area contributed by atoms with Crippen molar-refractivity contribution in [1.29, 1.82) is 0 Å². The zero-order valence-electron chi connectivity index (χ0n) is 12.8. The summed E-state index contributed by atoms with van der Waals surface area (Å²) in [5, 5.41) is 6.01. The highest BCUT2D eigenvalue weighted by atomic mass is 35.5. The van der Waals surface area contributed by atoms with Gasteiger partial charge in [0.05, 0.1) is 20.6 Å². The van der Waals surface area contributed by atoms with Crippen molar-refractivity contribution in [3.8, 4) is 5.75 Å². The van der Waals surface area contributed by atoms with Crippen LogP contribution in [-0.4, -0.2) is 5.91 Å². The molecule has 1 amide bonds. The van der Waals surface area contributed by atoms with Crippen LogP contribution in [0.25, 0.3) is 0 Å². The molecule has 128 valence electrons. The van der Waals surface area contributed by atoms with E-state index in [-0.39, 0.29) is 5.91 Å². The van der Waals surface area contributed by atoms with Crippen LogP contribution in [0, 0.1) is 0 Å². The van der Waals surface area contributed by atoms with E-state index in [1.807, 2.05) is 5.38 Å². The molecule has 1 heterocycles. The number of anilines is 1. The van der Waals surface area contributed by atoms with Gasteiger partial charge in [0.1, 0.15) is 12.4 Å². The number of hydrogen-bond acceptors (Lipinski definition) is 3. The Hall–Kier alpha value is -1.72. The van der Waals surface area contributed by atoms with E-state index >= 15 is 0 Å². The molecule has 0 saturated heterocycles. The van der Waals surface area contributed by atoms with Crippen LogP contribution < -0.4 is 10.1 Å². The first-order valence-electron chi connectivity index (χ1n) is 7.24. The molecule has 3 rings (SSSR count). The summed E-state index contributed by atoms with van der Waals surface area (Å²) in [5.41, 5.74) is 1.38. The van der Waals surface area contributed by atoms with Crippen molar-refractivity contribution in [2.75, 3.05) is 5.32 Å². The molecule has 0 aliphatic carbocycles. The average Bonchev–Trinajstić information content (AvgIpc) is 3.08. The van der Waals surface area contributed by atoms with Gasteiger partial charge in [-0.05, 0) is 47.8 Å². The molecular formula is C18H12Cl3NO2S. The Balaban J connectivity index is 1.63. The number of amides is 1. The van der Waals surface area contributed by atoms with Gasteiger partial charge in [0.2, 0.25) is 0 Å². The number of nitrogens with one attached hydrogen (secondary N) is 1. The maximum absolute atomic E-state index is 12.3. The predicted octanol–water partition coefficient (Wildman–Crippen LogP) is 6.54. The van der Waals surface area contributed by atoms with Gasteiger partial charge in [-0.25, -0.2) is 0 Å². The Morgan fingerprint density at radius 1 is 1.08 bits per heavy atom. The van der Waals surface area contributed by atoms with Crippen LogP contribution in [0.5, 0.6) is 5.75 Å². The van der Waals surface area contributed by atoms with E-state index in [2.05, 4.69) is 5.32 Å². The van der Waals surface area contributed by atoms with E-state index in [0.717, 1.165) is 5.56 Å². The highest BCUT2D eigenvalue weighted by Gasteiger charge is 2.12. The minimum atomic E-state index is -0.244. The molecule has 3 nitrogen and oxygen atoms in total. The smallest absolute Gasteiger partial charge is 0.265 e. The molecule has 0 fully saturated rings. The maximum Gasteiger partial charge on any atom is 0.265 e. The first-order valence-corrected chi connectivity index (χ1v) is 9.25. The average molecular weight is 413 g/mol. The van der Waals surface area contributed by atoms with E-state index in [1.54, 1.807) is 48.5 Å². The van der Waals surface area contributed by atoms with Gasteiger partial charge < -0.3 is 10.1 Å². The van der Waals surface area contributed by atoms with Crippen molar-refractivity contribution in [3.63, 3.8) is 0 Å². The molecule has 0 spiro atoms. The topological polar surface area (TPSA) is 38.3 Å². The Morgan fingerprint density at radius 2 is 1.84 bits per heavy atom. The van der Waals surface area contributed by atoms with E-state index in [9.17, 15) is 4.79 Å². The Morgan fingerprint density at radius 3 is 2.60 bits per heavy atom. The molecule has 3 aromatic rings. The Labute approximate surface area is 164 Å². The first kappa shape index (κ1) is 18.1. The molecule has 0 saturated carbocycles. The van der Waals surface area contributed by atoms with Gasteiger partial charge in [0, 0.05) is 10.6 Å². The van der Waals surface area contributed by atoms with Crippen molar-refractivity contribution in [2.24, 2.45) is 0 Å². The lowest BCUT2D eigenvalue weighted by molar-refractivity contribution is 0.103. The van der Waals surface area contributed by atoms with Gasteiger partial charge in [-0.15, -0.1) is 11.3 Å². The third-order valence-electron chi connectivity index (χ3n) is 3.30. The zero-order chi connectivity index (χ0) is 17.8. The maximum atomic E-state index is 12.3. The van der Waals surface area contributed by atoms with Gasteiger partial charge in [0.25, 0.3) is 5.91 Å².